The van der Waals surface area contributed by atoms with E-state index >= 15 is 0 Å². The van der Waals surface area contributed by atoms with Crippen LogP contribution in [0.4, 0.5) is 0 Å². The number of hydrogen-bond acceptors (Lipinski definition) is 5. The van der Waals surface area contributed by atoms with Crippen molar-refractivity contribution in [2.24, 2.45) is 0 Å². The highest BCUT2D eigenvalue weighted by Gasteiger charge is 2.17. The van der Waals surface area contributed by atoms with Gasteiger partial charge in [-0.05, 0) is 60.9 Å². The van der Waals surface area contributed by atoms with Crippen LogP contribution in [0.5, 0.6) is 17.2 Å². The normalized spacial score (nSPS) is 12.3. The summed E-state index contributed by atoms with van der Waals surface area (Å²) in [5.74, 6) is 1.22. The van der Waals surface area contributed by atoms with Crippen LogP contribution in [0.15, 0.2) is 48.5 Å². The van der Waals surface area contributed by atoms with Gasteiger partial charge in [0.1, 0.15) is 23.9 Å². The minimum absolute atomic E-state index is 0.320. The van der Waals surface area contributed by atoms with Crippen molar-refractivity contribution < 1.29 is 28.8 Å². The van der Waals surface area contributed by atoms with Gasteiger partial charge in [0, 0.05) is 19.1 Å². The van der Waals surface area contributed by atoms with Gasteiger partial charge in [-0.25, -0.2) is 4.79 Å². The van der Waals surface area contributed by atoms with Crippen molar-refractivity contribution in [3.63, 3.8) is 0 Å². The van der Waals surface area contributed by atoms with E-state index in [1.807, 2.05) is 55.5 Å². The van der Waals surface area contributed by atoms with E-state index in [9.17, 15) is 9.90 Å². The van der Waals surface area contributed by atoms with Gasteiger partial charge in [0.05, 0.1) is 14.2 Å². The molecule has 2 aromatic rings. The summed E-state index contributed by atoms with van der Waals surface area (Å²) in [4.78, 5) is 11.2. The van der Waals surface area contributed by atoms with E-state index in [1.54, 1.807) is 21.1 Å². The summed E-state index contributed by atoms with van der Waals surface area (Å²) in [6.45, 7) is 4.55. The number of hydrogen-bond donors (Lipinski definition) is 1. The van der Waals surface area contributed by atoms with Crippen molar-refractivity contribution in [1.29, 1.82) is 0 Å². The molecule has 0 unspecified atom stereocenters. The number of allylic oxidation sites excluding steroid dienone is 1. The Kier molecular flexibility index (Phi) is 8.55. The Labute approximate surface area is 171 Å². The van der Waals surface area contributed by atoms with Crippen LogP contribution < -0.4 is 14.2 Å². The van der Waals surface area contributed by atoms with Crippen LogP contribution in [0.1, 0.15) is 25.0 Å². The van der Waals surface area contributed by atoms with Crippen LogP contribution in [-0.4, -0.2) is 44.6 Å². The molecule has 156 valence electrons. The molecule has 2 rings (SSSR count). The molecule has 0 aliphatic rings. The highest BCUT2D eigenvalue weighted by Crippen LogP contribution is 2.27. The van der Waals surface area contributed by atoms with Gasteiger partial charge in [0.15, 0.2) is 6.10 Å². The molecule has 0 radical (unpaired) electrons. The highest BCUT2D eigenvalue weighted by molar-refractivity contribution is 5.72. The maximum Gasteiger partial charge on any atom is 0.333 e. The number of carbonyl (C=O) groups is 1. The van der Waals surface area contributed by atoms with Crippen LogP contribution in [0.25, 0.3) is 5.57 Å². The molecule has 29 heavy (non-hydrogen) atoms. The third kappa shape index (κ3) is 6.84. The molecule has 0 aliphatic heterocycles. The van der Waals surface area contributed by atoms with Crippen molar-refractivity contribution in [2.45, 2.75) is 26.4 Å². The second-order valence-corrected chi connectivity index (χ2v) is 6.43. The topological polar surface area (TPSA) is 74.2 Å². The van der Waals surface area contributed by atoms with Gasteiger partial charge in [-0.1, -0.05) is 12.1 Å². The van der Waals surface area contributed by atoms with Crippen molar-refractivity contribution in [1.82, 2.24) is 0 Å². The Balaban J connectivity index is 1.97. The first-order valence-corrected chi connectivity index (χ1v) is 9.43. The van der Waals surface area contributed by atoms with E-state index in [0.29, 0.717) is 25.4 Å². The van der Waals surface area contributed by atoms with Crippen LogP contribution in [0, 0.1) is 0 Å². The van der Waals surface area contributed by atoms with Crippen LogP contribution in [0.3, 0.4) is 0 Å². The van der Waals surface area contributed by atoms with E-state index in [4.69, 9.17) is 18.9 Å². The third-order valence-corrected chi connectivity index (χ3v) is 4.43. The second-order valence-electron chi connectivity index (χ2n) is 6.43. The van der Waals surface area contributed by atoms with E-state index in [0.717, 1.165) is 28.2 Å². The molecule has 0 fully saturated rings. The minimum atomic E-state index is -0.957. The van der Waals surface area contributed by atoms with Gasteiger partial charge in [0.25, 0.3) is 0 Å². The summed E-state index contributed by atoms with van der Waals surface area (Å²) in [5.41, 5.74) is 2.92. The molecule has 0 amide bonds. The van der Waals surface area contributed by atoms with Crippen molar-refractivity contribution in [3.8, 4) is 17.2 Å². The van der Waals surface area contributed by atoms with Gasteiger partial charge in [0.2, 0.25) is 0 Å². The van der Waals surface area contributed by atoms with E-state index in [-0.39, 0.29) is 0 Å². The summed E-state index contributed by atoms with van der Waals surface area (Å²) in [6, 6.07) is 13.1. The van der Waals surface area contributed by atoms with Gasteiger partial charge in [-0.3, -0.25) is 0 Å². The zero-order chi connectivity index (χ0) is 21.2. The predicted octanol–water partition coefficient (Wildman–Crippen LogP) is 4.22. The first-order chi connectivity index (χ1) is 14.0. The second kappa shape index (κ2) is 11.1. The van der Waals surface area contributed by atoms with E-state index in [2.05, 4.69) is 0 Å². The largest absolute Gasteiger partial charge is 0.497 e. The summed E-state index contributed by atoms with van der Waals surface area (Å²) in [6.07, 6.45) is 1.47. The lowest BCUT2D eigenvalue weighted by molar-refractivity contribution is -0.149. The van der Waals surface area contributed by atoms with E-state index < -0.39 is 12.1 Å². The number of methoxy groups -OCH3 is 2. The molecular formula is C23H28O6. The SMILES string of the molecule is CCO[C@@H](Cc1ccc(OC/C=C(\C)c2cc(OC)cc(OC)c2)cc1)C(=O)O. The van der Waals surface area contributed by atoms with Gasteiger partial charge in [-0.2, -0.15) is 0 Å². The Hall–Kier alpha value is -2.99. The lowest BCUT2D eigenvalue weighted by Crippen LogP contribution is -2.26. The van der Waals surface area contributed by atoms with Crippen molar-refractivity contribution >= 4 is 11.5 Å². The fourth-order valence-electron chi connectivity index (χ4n) is 2.77. The molecule has 1 N–H and O–H groups in total. The number of aliphatic carboxylic acids is 1. The average molecular weight is 400 g/mol. The zero-order valence-corrected chi connectivity index (χ0v) is 17.3. The fraction of sp³-hybridized carbons (Fsp3) is 0.348. The quantitative estimate of drug-likeness (QED) is 0.609. The predicted molar refractivity (Wildman–Crippen MR) is 112 cm³/mol. The maximum atomic E-state index is 11.2. The number of rotatable bonds is 11. The molecule has 0 aliphatic carbocycles. The lowest BCUT2D eigenvalue weighted by atomic mass is 10.1. The first-order valence-electron chi connectivity index (χ1n) is 9.43. The fourth-order valence-corrected chi connectivity index (χ4v) is 2.77. The average Bonchev–Trinajstić information content (AvgIpc) is 2.73. The lowest BCUT2D eigenvalue weighted by Gasteiger charge is -2.13. The van der Waals surface area contributed by atoms with E-state index in [1.165, 1.54) is 0 Å². The summed E-state index contributed by atoms with van der Waals surface area (Å²) in [7, 11) is 3.24. The number of ether oxygens (including phenoxy) is 4. The first kappa shape index (κ1) is 22.3. The Morgan fingerprint density at radius 1 is 1.03 bits per heavy atom. The van der Waals surface area contributed by atoms with Crippen LogP contribution in [-0.2, 0) is 16.0 Å². The maximum absolute atomic E-state index is 11.2. The molecule has 6 heteroatoms. The molecule has 6 nitrogen and oxygen atoms in total. The molecule has 0 bridgehead atoms. The van der Waals surface area contributed by atoms with Crippen LogP contribution >= 0.6 is 0 Å². The molecular weight excluding hydrogens is 372 g/mol. The Morgan fingerprint density at radius 2 is 1.66 bits per heavy atom. The Bertz CT molecular complexity index is 804. The van der Waals surface area contributed by atoms with Gasteiger partial charge in [-0.15, -0.1) is 0 Å². The molecule has 0 saturated heterocycles. The third-order valence-electron chi connectivity index (χ3n) is 4.43. The van der Waals surface area contributed by atoms with Crippen molar-refractivity contribution in [3.05, 3.63) is 59.7 Å². The Morgan fingerprint density at radius 3 is 2.17 bits per heavy atom. The number of carboxylic acids is 1. The summed E-state index contributed by atoms with van der Waals surface area (Å²) in [5, 5.41) is 9.18. The molecule has 2 aromatic carbocycles. The summed E-state index contributed by atoms with van der Waals surface area (Å²) < 4.78 is 21.6. The summed E-state index contributed by atoms with van der Waals surface area (Å²) >= 11 is 0. The molecule has 0 heterocycles. The van der Waals surface area contributed by atoms with Gasteiger partial charge < -0.3 is 24.1 Å². The molecule has 1 atom stereocenters. The number of benzene rings is 2. The minimum Gasteiger partial charge on any atom is -0.497 e. The highest BCUT2D eigenvalue weighted by atomic mass is 16.5. The smallest absolute Gasteiger partial charge is 0.333 e. The zero-order valence-electron chi connectivity index (χ0n) is 17.3. The molecule has 0 saturated carbocycles. The van der Waals surface area contributed by atoms with Crippen LogP contribution in [0.2, 0.25) is 0 Å². The monoisotopic (exact) mass is 400 g/mol. The van der Waals surface area contributed by atoms with Gasteiger partial charge >= 0.3 is 5.97 Å². The van der Waals surface area contributed by atoms with Crippen molar-refractivity contribution in [2.75, 3.05) is 27.4 Å². The molecule has 0 spiro atoms. The molecule has 0 aromatic heterocycles. The standard InChI is InChI=1S/C23H28O6/c1-5-28-22(23(24)25)12-17-6-8-19(9-7-17)29-11-10-16(2)18-13-20(26-3)15-21(14-18)27-4/h6-10,13-15,22H,5,11-12H2,1-4H3,(H,24,25)/b16-10+/t22-/m0/s1. The number of carboxylic acid groups (broad SMARTS) is 1.